The Balaban J connectivity index is 1.40. The summed E-state index contributed by atoms with van der Waals surface area (Å²) in [6, 6.07) is 0. The molecular formula is C32H48O4S. The minimum Gasteiger partial charge on any atom is -0.388 e. The Morgan fingerprint density at radius 3 is 2.49 bits per heavy atom. The number of rotatable bonds is 9. The van der Waals surface area contributed by atoms with E-state index in [-0.39, 0.29) is 10.5 Å². The van der Waals surface area contributed by atoms with Gasteiger partial charge in [-0.05, 0) is 93.0 Å². The molecule has 4 aliphatic carbocycles. The molecule has 0 saturated heterocycles. The van der Waals surface area contributed by atoms with Crippen molar-refractivity contribution in [1.29, 1.82) is 0 Å². The molecule has 0 spiro atoms. The normalized spacial score (nSPS) is 36.0. The summed E-state index contributed by atoms with van der Waals surface area (Å²) >= 11 is 1.41. The van der Waals surface area contributed by atoms with Crippen molar-refractivity contribution < 1.29 is 20.1 Å². The van der Waals surface area contributed by atoms with Crippen LogP contribution in [0.2, 0.25) is 0 Å². The molecule has 37 heavy (non-hydrogen) atoms. The van der Waals surface area contributed by atoms with Crippen LogP contribution in [0.1, 0.15) is 91.4 Å². The first-order valence-corrected chi connectivity index (χ1v) is 15.6. The number of fused-ring (bicyclic) bond motifs is 1. The van der Waals surface area contributed by atoms with E-state index in [0.29, 0.717) is 36.2 Å². The topological polar surface area (TPSA) is 77.8 Å². The average Bonchev–Trinajstić information content (AvgIpc) is 3.60. The number of carbonyl (C=O) groups is 1. The Morgan fingerprint density at radius 1 is 1.14 bits per heavy atom. The first-order valence-electron chi connectivity index (χ1n) is 14.6. The van der Waals surface area contributed by atoms with E-state index in [4.69, 9.17) is 0 Å². The van der Waals surface area contributed by atoms with E-state index in [9.17, 15) is 20.1 Å². The second-order valence-corrected chi connectivity index (χ2v) is 13.6. The van der Waals surface area contributed by atoms with Gasteiger partial charge in [-0.1, -0.05) is 81.0 Å². The third-order valence-electron chi connectivity index (χ3n) is 10.1. The first-order chi connectivity index (χ1) is 17.6. The zero-order valence-corrected chi connectivity index (χ0v) is 23.9. The highest BCUT2D eigenvalue weighted by Crippen LogP contribution is 2.60. The number of hydrogen-bond acceptors (Lipinski definition) is 5. The van der Waals surface area contributed by atoms with Crippen LogP contribution >= 0.6 is 11.8 Å². The first kappa shape index (κ1) is 28.9. The maximum atomic E-state index is 12.8. The molecule has 0 radical (unpaired) electrons. The van der Waals surface area contributed by atoms with Crippen molar-refractivity contribution in [3.8, 4) is 0 Å². The van der Waals surface area contributed by atoms with Gasteiger partial charge in [-0.15, -0.1) is 0 Å². The third-order valence-corrected chi connectivity index (χ3v) is 11.2. The molecule has 4 fully saturated rings. The number of allylic oxidation sites excluding steroid dienone is 4. The zero-order chi connectivity index (χ0) is 26.8. The molecule has 0 aromatic carbocycles. The number of carbonyl (C=O) groups excluding carboxylic acids is 1. The van der Waals surface area contributed by atoms with Crippen LogP contribution in [0.25, 0.3) is 0 Å². The van der Waals surface area contributed by atoms with Gasteiger partial charge in [-0.3, -0.25) is 4.79 Å². The molecule has 5 heteroatoms. The van der Waals surface area contributed by atoms with E-state index in [1.54, 1.807) is 0 Å². The van der Waals surface area contributed by atoms with Gasteiger partial charge in [-0.2, -0.15) is 0 Å². The van der Waals surface area contributed by atoms with E-state index in [1.165, 1.54) is 43.0 Å². The number of hydrogen-bond donors (Lipinski definition) is 3. The molecule has 0 aromatic heterocycles. The summed E-state index contributed by atoms with van der Waals surface area (Å²) in [6.45, 7) is 10.7. The average molecular weight is 529 g/mol. The number of aliphatic hydroxyl groups excluding tert-OH is 3. The molecule has 4 saturated carbocycles. The maximum Gasteiger partial charge on any atom is 0.198 e. The maximum absolute atomic E-state index is 12.8. The van der Waals surface area contributed by atoms with Gasteiger partial charge in [-0.25, -0.2) is 0 Å². The summed E-state index contributed by atoms with van der Waals surface area (Å²) in [5.41, 5.74) is 2.84. The Bertz CT molecular complexity index is 928. The molecule has 4 aliphatic rings. The molecule has 4 nitrogen and oxygen atoms in total. The van der Waals surface area contributed by atoms with E-state index in [0.717, 1.165) is 43.4 Å². The van der Waals surface area contributed by atoms with Crippen molar-refractivity contribution in [2.75, 3.05) is 5.75 Å². The standard InChI is InChI=1S/C32H48O4S/c1-5-6-18-37-30(36)32(16-17-32)29(35)14-9-21(2)25-12-13-26-24(8-7-15-31(25,26)4)11-10-23-19-27(33)22(3)28(34)20-23/h9-11,14,21,25-29,33-35H,3,5-8,12-13,15-20H2,1-2,4H3/b14-9+,24-11+/t21-,25-,26+,27-,28-,29-,31-/m1/s1. The molecule has 7 atom stereocenters. The van der Waals surface area contributed by atoms with E-state index in [2.05, 4.69) is 45.6 Å². The van der Waals surface area contributed by atoms with Gasteiger partial charge in [0.25, 0.3) is 0 Å². The van der Waals surface area contributed by atoms with E-state index >= 15 is 0 Å². The lowest BCUT2D eigenvalue weighted by Crippen LogP contribution is -2.35. The minimum atomic E-state index is -0.674. The number of thioether (sulfide) groups is 1. The minimum absolute atomic E-state index is 0.178. The molecule has 4 rings (SSSR count). The highest BCUT2D eigenvalue weighted by Gasteiger charge is 2.54. The van der Waals surface area contributed by atoms with Crippen LogP contribution in [-0.2, 0) is 4.79 Å². The number of aliphatic hydroxyl groups is 3. The molecule has 0 unspecified atom stereocenters. The van der Waals surface area contributed by atoms with Crippen LogP contribution in [0, 0.1) is 28.6 Å². The fourth-order valence-electron chi connectivity index (χ4n) is 7.38. The van der Waals surface area contributed by atoms with Crippen molar-refractivity contribution in [3.05, 3.63) is 47.6 Å². The lowest BCUT2D eigenvalue weighted by molar-refractivity contribution is -0.118. The Labute approximate surface area is 228 Å². The fourth-order valence-corrected chi connectivity index (χ4v) is 8.61. The van der Waals surface area contributed by atoms with Crippen molar-refractivity contribution in [3.63, 3.8) is 0 Å². The van der Waals surface area contributed by atoms with Crippen molar-refractivity contribution in [2.45, 2.75) is 110 Å². The van der Waals surface area contributed by atoms with Crippen molar-refractivity contribution in [2.24, 2.45) is 28.6 Å². The van der Waals surface area contributed by atoms with Crippen LogP contribution < -0.4 is 0 Å². The Hall–Kier alpha value is -1.14. The summed E-state index contributed by atoms with van der Waals surface area (Å²) in [5.74, 6) is 2.33. The van der Waals surface area contributed by atoms with Gasteiger partial charge in [0, 0.05) is 5.75 Å². The van der Waals surface area contributed by atoms with Gasteiger partial charge >= 0.3 is 0 Å². The van der Waals surface area contributed by atoms with Gasteiger partial charge in [0.05, 0.1) is 23.7 Å². The molecule has 0 aliphatic heterocycles. The fraction of sp³-hybridized carbons (Fsp3) is 0.719. The van der Waals surface area contributed by atoms with Crippen LogP contribution in [0.3, 0.4) is 0 Å². The van der Waals surface area contributed by atoms with Gasteiger partial charge in [0.15, 0.2) is 5.12 Å². The third kappa shape index (κ3) is 6.05. The van der Waals surface area contributed by atoms with Crippen LogP contribution in [0.4, 0.5) is 0 Å². The monoisotopic (exact) mass is 528 g/mol. The second-order valence-electron chi connectivity index (χ2n) is 12.5. The van der Waals surface area contributed by atoms with Crippen LogP contribution in [0.5, 0.6) is 0 Å². The summed E-state index contributed by atoms with van der Waals surface area (Å²) in [4.78, 5) is 12.8. The smallest absolute Gasteiger partial charge is 0.198 e. The summed E-state index contributed by atoms with van der Waals surface area (Å²) in [6.07, 6.45) is 17.4. The molecule has 206 valence electrons. The Morgan fingerprint density at radius 2 is 1.84 bits per heavy atom. The van der Waals surface area contributed by atoms with Crippen molar-refractivity contribution in [1.82, 2.24) is 0 Å². The zero-order valence-electron chi connectivity index (χ0n) is 23.1. The quantitative estimate of drug-likeness (QED) is 0.235. The molecule has 0 amide bonds. The highest BCUT2D eigenvalue weighted by molar-refractivity contribution is 8.13. The highest BCUT2D eigenvalue weighted by atomic mass is 32.2. The van der Waals surface area contributed by atoms with Gasteiger partial charge < -0.3 is 15.3 Å². The summed E-state index contributed by atoms with van der Waals surface area (Å²) < 4.78 is 0. The summed E-state index contributed by atoms with van der Waals surface area (Å²) in [7, 11) is 0. The van der Waals surface area contributed by atoms with E-state index < -0.39 is 23.7 Å². The predicted molar refractivity (Wildman–Crippen MR) is 153 cm³/mol. The van der Waals surface area contributed by atoms with Crippen molar-refractivity contribution >= 4 is 16.9 Å². The second kappa shape index (κ2) is 11.9. The predicted octanol–water partition coefficient (Wildman–Crippen LogP) is 6.52. The SMILES string of the molecule is C=C1[C@H](O)CC(=C/C=C2\CCC[C@]3(C)[C@@H]([C@H](C)/C=C/[C@@H](O)C4(C(=O)SCCCC)CC4)CC[C@@H]23)C[C@H]1O. The summed E-state index contributed by atoms with van der Waals surface area (Å²) in [5, 5.41) is 31.5. The molecule has 3 N–H and O–H groups in total. The molecule has 0 bridgehead atoms. The van der Waals surface area contributed by atoms with Crippen LogP contribution in [-0.4, -0.2) is 44.5 Å². The van der Waals surface area contributed by atoms with Gasteiger partial charge in [0.1, 0.15) is 0 Å². The molecular weight excluding hydrogens is 480 g/mol. The van der Waals surface area contributed by atoms with E-state index in [1.807, 2.05) is 6.08 Å². The Kier molecular flexibility index (Phi) is 9.31. The molecule has 0 aromatic rings. The number of unbranched alkanes of at least 4 members (excludes halogenated alkanes) is 1. The van der Waals surface area contributed by atoms with Crippen LogP contribution in [0.15, 0.2) is 47.6 Å². The molecule has 0 heterocycles. The lowest BCUT2D eigenvalue weighted by Gasteiger charge is -2.44. The lowest BCUT2D eigenvalue weighted by atomic mass is 9.61. The van der Waals surface area contributed by atoms with Gasteiger partial charge in [0.2, 0.25) is 0 Å². The largest absolute Gasteiger partial charge is 0.388 e.